The van der Waals surface area contributed by atoms with E-state index in [2.05, 4.69) is 10.3 Å². The molecule has 1 aromatic carbocycles. The summed E-state index contributed by atoms with van der Waals surface area (Å²) in [6.45, 7) is 3.79. The predicted molar refractivity (Wildman–Crippen MR) is 66.2 cm³/mol. The molecule has 0 spiro atoms. The minimum atomic E-state index is -0.499. The molecule has 0 bridgehead atoms. The summed E-state index contributed by atoms with van der Waals surface area (Å²) in [4.78, 5) is 11.8. The molecule has 1 aromatic heterocycles. The van der Waals surface area contributed by atoms with Gasteiger partial charge in [0.1, 0.15) is 5.82 Å². The minimum Gasteiger partial charge on any atom is -0.461 e. The molecule has 0 N–H and O–H groups in total. The Morgan fingerprint density at radius 1 is 1.42 bits per heavy atom. The summed E-state index contributed by atoms with van der Waals surface area (Å²) in [6.07, 6.45) is 0. The van der Waals surface area contributed by atoms with E-state index in [-0.39, 0.29) is 24.7 Å². The van der Waals surface area contributed by atoms with Crippen molar-refractivity contribution >= 4 is 5.97 Å². The number of ether oxygens (including phenoxy) is 1. The summed E-state index contributed by atoms with van der Waals surface area (Å²) in [6, 6.07) is 6.34. The number of halogens is 1. The average Bonchev–Trinajstić information content (AvgIpc) is 2.74. The first-order chi connectivity index (χ1) is 9.13. The van der Waals surface area contributed by atoms with Crippen LogP contribution in [0.15, 0.2) is 24.3 Å². The predicted octanol–water partition coefficient (Wildman–Crippen LogP) is 1.95. The van der Waals surface area contributed by atoms with Crippen LogP contribution in [-0.4, -0.2) is 27.6 Å². The molecule has 0 atom stereocenters. The molecule has 0 fully saturated rings. The van der Waals surface area contributed by atoms with Crippen molar-refractivity contribution in [2.24, 2.45) is 0 Å². The number of carbonyl (C=O) groups is 1. The van der Waals surface area contributed by atoms with Gasteiger partial charge in [0.15, 0.2) is 5.69 Å². The van der Waals surface area contributed by atoms with Gasteiger partial charge in [0.25, 0.3) is 0 Å². The average molecular weight is 263 g/mol. The number of benzene rings is 1. The second-order valence-corrected chi connectivity index (χ2v) is 3.99. The highest BCUT2D eigenvalue weighted by Gasteiger charge is 2.19. The number of rotatable bonds is 4. The number of esters is 1. The van der Waals surface area contributed by atoms with Gasteiger partial charge in [-0.3, -0.25) is 0 Å². The van der Waals surface area contributed by atoms with Crippen molar-refractivity contribution in [2.75, 3.05) is 6.61 Å². The Bertz CT molecular complexity index is 595. The number of carbonyl (C=O) groups excluding carboxylic acids is 1. The third kappa shape index (κ3) is 2.78. The van der Waals surface area contributed by atoms with Gasteiger partial charge in [-0.2, -0.15) is 0 Å². The largest absolute Gasteiger partial charge is 0.461 e. The SMILES string of the molecule is CCOC(=O)c1c(C)nnn1Cc1ccccc1F. The van der Waals surface area contributed by atoms with Crippen molar-refractivity contribution in [3.63, 3.8) is 0 Å². The number of aromatic nitrogens is 3. The highest BCUT2D eigenvalue weighted by molar-refractivity contribution is 5.88. The van der Waals surface area contributed by atoms with E-state index in [1.807, 2.05) is 0 Å². The second kappa shape index (κ2) is 5.60. The van der Waals surface area contributed by atoms with Gasteiger partial charge >= 0.3 is 5.97 Å². The van der Waals surface area contributed by atoms with E-state index in [0.717, 1.165) is 0 Å². The zero-order chi connectivity index (χ0) is 13.8. The fraction of sp³-hybridized carbons (Fsp3) is 0.308. The zero-order valence-corrected chi connectivity index (χ0v) is 10.8. The first kappa shape index (κ1) is 13.2. The van der Waals surface area contributed by atoms with E-state index in [9.17, 15) is 9.18 Å². The van der Waals surface area contributed by atoms with Crippen LogP contribution in [0.3, 0.4) is 0 Å². The molecular formula is C13H14FN3O2. The number of aryl methyl sites for hydroxylation is 1. The van der Waals surface area contributed by atoms with Crippen LogP contribution >= 0.6 is 0 Å². The van der Waals surface area contributed by atoms with Crippen molar-refractivity contribution in [3.05, 3.63) is 47.0 Å². The summed E-state index contributed by atoms with van der Waals surface area (Å²) in [7, 11) is 0. The van der Waals surface area contributed by atoms with Crippen LogP contribution in [0.2, 0.25) is 0 Å². The van der Waals surface area contributed by atoms with Crippen molar-refractivity contribution in [1.82, 2.24) is 15.0 Å². The molecule has 0 radical (unpaired) electrons. The Morgan fingerprint density at radius 2 is 2.16 bits per heavy atom. The third-order valence-corrected chi connectivity index (χ3v) is 2.65. The van der Waals surface area contributed by atoms with E-state index in [1.165, 1.54) is 10.7 Å². The Morgan fingerprint density at radius 3 is 2.84 bits per heavy atom. The van der Waals surface area contributed by atoms with Gasteiger partial charge < -0.3 is 4.74 Å². The zero-order valence-electron chi connectivity index (χ0n) is 10.8. The van der Waals surface area contributed by atoms with Gasteiger partial charge in [-0.15, -0.1) is 5.10 Å². The normalized spacial score (nSPS) is 10.5. The summed E-state index contributed by atoms with van der Waals surface area (Å²) in [5.41, 5.74) is 1.16. The van der Waals surface area contributed by atoms with E-state index in [1.54, 1.807) is 32.0 Å². The van der Waals surface area contributed by atoms with Crippen LogP contribution in [0.25, 0.3) is 0 Å². The summed E-state index contributed by atoms with van der Waals surface area (Å²) in [5.74, 6) is -0.841. The molecule has 2 rings (SSSR count). The molecule has 19 heavy (non-hydrogen) atoms. The standard InChI is InChI=1S/C13H14FN3O2/c1-3-19-13(18)12-9(2)15-16-17(12)8-10-6-4-5-7-11(10)14/h4-7H,3,8H2,1-2H3. The van der Waals surface area contributed by atoms with Gasteiger partial charge in [-0.25, -0.2) is 13.9 Å². The number of hydrogen-bond donors (Lipinski definition) is 0. The smallest absolute Gasteiger partial charge is 0.358 e. The lowest BCUT2D eigenvalue weighted by Crippen LogP contribution is -2.15. The lowest BCUT2D eigenvalue weighted by molar-refractivity contribution is 0.0511. The molecule has 0 unspecified atom stereocenters. The molecule has 0 amide bonds. The minimum absolute atomic E-state index is 0.141. The third-order valence-electron chi connectivity index (χ3n) is 2.65. The maximum absolute atomic E-state index is 13.6. The monoisotopic (exact) mass is 263 g/mol. The van der Waals surface area contributed by atoms with Crippen LogP contribution in [0.5, 0.6) is 0 Å². The maximum atomic E-state index is 13.6. The summed E-state index contributed by atoms with van der Waals surface area (Å²) in [5, 5.41) is 7.69. The van der Waals surface area contributed by atoms with Gasteiger partial charge in [0, 0.05) is 5.56 Å². The Labute approximate surface area is 110 Å². The molecule has 1 heterocycles. The topological polar surface area (TPSA) is 57.0 Å². The Hall–Kier alpha value is -2.24. The highest BCUT2D eigenvalue weighted by Crippen LogP contribution is 2.12. The van der Waals surface area contributed by atoms with E-state index < -0.39 is 5.97 Å². The van der Waals surface area contributed by atoms with Crippen LogP contribution in [0, 0.1) is 12.7 Å². The summed E-state index contributed by atoms with van der Waals surface area (Å²) < 4.78 is 19.9. The van der Waals surface area contributed by atoms with Crippen LogP contribution in [0.1, 0.15) is 28.7 Å². The van der Waals surface area contributed by atoms with Crippen LogP contribution in [-0.2, 0) is 11.3 Å². The van der Waals surface area contributed by atoms with E-state index >= 15 is 0 Å². The molecule has 5 nitrogen and oxygen atoms in total. The molecule has 0 aliphatic heterocycles. The first-order valence-corrected chi connectivity index (χ1v) is 5.94. The van der Waals surface area contributed by atoms with E-state index in [4.69, 9.17) is 4.74 Å². The molecule has 6 heteroatoms. The molecule has 0 aliphatic rings. The Kier molecular flexibility index (Phi) is 3.89. The van der Waals surface area contributed by atoms with Gasteiger partial charge in [-0.1, -0.05) is 23.4 Å². The molecule has 100 valence electrons. The summed E-state index contributed by atoms with van der Waals surface area (Å²) >= 11 is 0. The quantitative estimate of drug-likeness (QED) is 0.791. The van der Waals surface area contributed by atoms with Crippen molar-refractivity contribution in [3.8, 4) is 0 Å². The van der Waals surface area contributed by atoms with Crippen LogP contribution < -0.4 is 0 Å². The molecule has 2 aromatic rings. The molecule has 0 saturated carbocycles. The molecule has 0 aliphatic carbocycles. The number of hydrogen-bond acceptors (Lipinski definition) is 4. The van der Waals surface area contributed by atoms with Gasteiger partial charge in [0.05, 0.1) is 18.8 Å². The maximum Gasteiger partial charge on any atom is 0.358 e. The molecular weight excluding hydrogens is 249 g/mol. The molecule has 0 saturated heterocycles. The first-order valence-electron chi connectivity index (χ1n) is 5.94. The van der Waals surface area contributed by atoms with E-state index in [0.29, 0.717) is 11.3 Å². The van der Waals surface area contributed by atoms with Crippen molar-refractivity contribution in [1.29, 1.82) is 0 Å². The van der Waals surface area contributed by atoms with Crippen LogP contribution in [0.4, 0.5) is 4.39 Å². The highest BCUT2D eigenvalue weighted by atomic mass is 19.1. The fourth-order valence-corrected chi connectivity index (χ4v) is 1.75. The fourth-order valence-electron chi connectivity index (χ4n) is 1.75. The second-order valence-electron chi connectivity index (χ2n) is 3.99. The van der Waals surface area contributed by atoms with Crippen molar-refractivity contribution in [2.45, 2.75) is 20.4 Å². The lowest BCUT2D eigenvalue weighted by atomic mass is 10.2. The van der Waals surface area contributed by atoms with Gasteiger partial charge in [-0.05, 0) is 19.9 Å². The number of nitrogens with zero attached hydrogens (tertiary/aromatic N) is 3. The Balaban J connectivity index is 2.31. The van der Waals surface area contributed by atoms with Crippen molar-refractivity contribution < 1.29 is 13.9 Å². The van der Waals surface area contributed by atoms with Gasteiger partial charge in [0.2, 0.25) is 0 Å². The lowest BCUT2D eigenvalue weighted by Gasteiger charge is -2.07.